The SMILES string of the molecule is COc1ccc(S(C)(=O)=O)cc1S(=O)[O-].[Na+]. The summed E-state index contributed by atoms with van der Waals surface area (Å²) in [5.41, 5.74) is 0. The van der Waals surface area contributed by atoms with Gasteiger partial charge < -0.3 is 9.29 Å². The van der Waals surface area contributed by atoms with Gasteiger partial charge in [0.25, 0.3) is 0 Å². The molecule has 0 amide bonds. The molecule has 0 spiro atoms. The summed E-state index contributed by atoms with van der Waals surface area (Å²) in [5.74, 6) is 0.121. The van der Waals surface area contributed by atoms with Crippen molar-refractivity contribution in [2.24, 2.45) is 0 Å². The summed E-state index contributed by atoms with van der Waals surface area (Å²) in [7, 11) is -2.10. The number of hydrogen-bond acceptors (Lipinski definition) is 5. The van der Waals surface area contributed by atoms with Gasteiger partial charge in [0.05, 0.1) is 16.9 Å². The molecule has 1 aromatic carbocycles. The second kappa shape index (κ2) is 6.13. The molecule has 0 aliphatic rings. The zero-order valence-corrected chi connectivity index (χ0v) is 12.7. The van der Waals surface area contributed by atoms with E-state index in [1.807, 2.05) is 0 Å². The van der Waals surface area contributed by atoms with E-state index in [0.717, 1.165) is 12.3 Å². The van der Waals surface area contributed by atoms with Crippen LogP contribution in [0.15, 0.2) is 28.0 Å². The number of hydrogen-bond donors (Lipinski definition) is 0. The number of benzene rings is 1. The average molecular weight is 272 g/mol. The molecule has 0 fully saturated rings. The van der Waals surface area contributed by atoms with Crippen LogP contribution in [0.3, 0.4) is 0 Å². The third kappa shape index (κ3) is 3.83. The van der Waals surface area contributed by atoms with Crippen LogP contribution in [0, 0.1) is 0 Å². The number of rotatable bonds is 3. The van der Waals surface area contributed by atoms with Crippen molar-refractivity contribution in [1.82, 2.24) is 0 Å². The minimum absolute atomic E-state index is 0. The molecule has 16 heavy (non-hydrogen) atoms. The molecule has 0 bridgehead atoms. The van der Waals surface area contributed by atoms with Gasteiger partial charge in [-0.25, -0.2) is 8.42 Å². The maximum Gasteiger partial charge on any atom is 1.00 e. The maximum atomic E-state index is 11.2. The number of methoxy groups -OCH3 is 1. The molecule has 0 N–H and O–H groups in total. The Morgan fingerprint density at radius 2 is 1.94 bits per heavy atom. The topological polar surface area (TPSA) is 83.5 Å². The molecular weight excluding hydrogens is 263 g/mol. The largest absolute Gasteiger partial charge is 1.00 e. The molecule has 0 saturated heterocycles. The van der Waals surface area contributed by atoms with Crippen molar-refractivity contribution in [3.8, 4) is 5.75 Å². The van der Waals surface area contributed by atoms with Crippen molar-refractivity contribution in [3.63, 3.8) is 0 Å². The van der Waals surface area contributed by atoms with E-state index in [2.05, 4.69) is 0 Å². The van der Waals surface area contributed by atoms with E-state index < -0.39 is 20.9 Å². The van der Waals surface area contributed by atoms with Gasteiger partial charge in [-0.3, -0.25) is 4.21 Å². The molecule has 0 saturated carbocycles. The van der Waals surface area contributed by atoms with Crippen molar-refractivity contribution in [2.75, 3.05) is 13.4 Å². The van der Waals surface area contributed by atoms with Gasteiger partial charge in [-0.15, -0.1) is 0 Å². The van der Waals surface area contributed by atoms with Gasteiger partial charge in [0.15, 0.2) is 9.84 Å². The van der Waals surface area contributed by atoms with Crippen molar-refractivity contribution >= 4 is 20.9 Å². The first kappa shape index (κ1) is 16.1. The van der Waals surface area contributed by atoms with E-state index in [1.165, 1.54) is 19.2 Å². The predicted octanol–water partition coefficient (Wildman–Crippen LogP) is -2.66. The minimum atomic E-state index is -3.41. The number of sulfone groups is 1. The zero-order valence-electron chi connectivity index (χ0n) is 9.09. The van der Waals surface area contributed by atoms with Gasteiger partial charge in [-0.1, -0.05) is 0 Å². The van der Waals surface area contributed by atoms with Gasteiger partial charge in [-0.05, 0) is 29.3 Å². The van der Waals surface area contributed by atoms with Crippen LogP contribution in [-0.2, 0) is 20.9 Å². The Morgan fingerprint density at radius 1 is 1.38 bits per heavy atom. The Balaban J connectivity index is 0.00000225. The van der Waals surface area contributed by atoms with E-state index in [1.54, 1.807) is 0 Å². The Hall–Kier alpha value is 0.0800. The van der Waals surface area contributed by atoms with Crippen LogP contribution < -0.4 is 34.3 Å². The molecule has 1 aromatic rings. The van der Waals surface area contributed by atoms with E-state index in [4.69, 9.17) is 4.74 Å². The third-order valence-corrected chi connectivity index (χ3v) is 3.53. The molecule has 8 heteroatoms. The molecule has 1 rings (SSSR count). The molecule has 0 heterocycles. The summed E-state index contributed by atoms with van der Waals surface area (Å²) in [4.78, 5) is -0.220. The zero-order chi connectivity index (χ0) is 11.6. The van der Waals surface area contributed by atoms with Crippen LogP contribution in [-0.4, -0.2) is 30.5 Å². The quantitative estimate of drug-likeness (QED) is 0.443. The second-order valence-electron chi connectivity index (χ2n) is 2.82. The Bertz CT molecular complexity index is 497. The van der Waals surface area contributed by atoms with Gasteiger partial charge in [-0.2, -0.15) is 0 Å². The average Bonchev–Trinajstić information content (AvgIpc) is 2.15. The summed E-state index contributed by atoms with van der Waals surface area (Å²) in [6.45, 7) is 0. The molecular formula is C8H9NaO5S2. The molecule has 5 nitrogen and oxygen atoms in total. The Kier molecular flexibility index (Phi) is 6.16. The fourth-order valence-electron chi connectivity index (χ4n) is 1.02. The fourth-order valence-corrected chi connectivity index (χ4v) is 2.28. The molecule has 0 aliphatic heterocycles. The van der Waals surface area contributed by atoms with Gasteiger partial charge in [0, 0.05) is 6.26 Å². The minimum Gasteiger partial charge on any atom is -0.768 e. The predicted molar refractivity (Wildman–Crippen MR) is 53.3 cm³/mol. The summed E-state index contributed by atoms with van der Waals surface area (Å²) < 4.78 is 48.7. The van der Waals surface area contributed by atoms with E-state index in [-0.39, 0.29) is 45.1 Å². The fraction of sp³-hybridized carbons (Fsp3) is 0.250. The summed E-state index contributed by atoms with van der Waals surface area (Å²) in [5, 5.41) is 0. The van der Waals surface area contributed by atoms with Gasteiger partial charge in [0.1, 0.15) is 5.75 Å². The maximum absolute atomic E-state index is 11.2. The molecule has 1 atom stereocenters. The second-order valence-corrected chi connectivity index (χ2v) is 5.74. The Labute approximate surface area is 119 Å². The molecule has 0 radical (unpaired) electrons. The van der Waals surface area contributed by atoms with Crippen LogP contribution in [0.25, 0.3) is 0 Å². The van der Waals surface area contributed by atoms with Crippen molar-refractivity contribution in [3.05, 3.63) is 18.2 Å². The van der Waals surface area contributed by atoms with Crippen LogP contribution in [0.4, 0.5) is 0 Å². The van der Waals surface area contributed by atoms with Gasteiger partial charge in [0.2, 0.25) is 0 Å². The van der Waals surface area contributed by atoms with E-state index in [0.29, 0.717) is 0 Å². The molecule has 84 valence electrons. The number of ether oxygens (including phenoxy) is 1. The summed E-state index contributed by atoms with van der Waals surface area (Å²) in [6.07, 6.45) is 1.01. The van der Waals surface area contributed by atoms with Crippen molar-refractivity contribution in [1.29, 1.82) is 0 Å². The van der Waals surface area contributed by atoms with Crippen molar-refractivity contribution in [2.45, 2.75) is 9.79 Å². The first-order chi connectivity index (χ1) is 6.86. The molecule has 0 aromatic heterocycles. The van der Waals surface area contributed by atoms with Crippen LogP contribution in [0.5, 0.6) is 5.75 Å². The van der Waals surface area contributed by atoms with Crippen LogP contribution in [0.2, 0.25) is 0 Å². The third-order valence-electron chi connectivity index (χ3n) is 1.74. The smallest absolute Gasteiger partial charge is 0.768 e. The van der Waals surface area contributed by atoms with Crippen molar-refractivity contribution < 1.29 is 51.5 Å². The van der Waals surface area contributed by atoms with E-state index in [9.17, 15) is 17.2 Å². The van der Waals surface area contributed by atoms with Crippen LogP contribution in [0.1, 0.15) is 0 Å². The summed E-state index contributed by atoms with van der Waals surface area (Å²) >= 11 is -2.52. The first-order valence-corrected chi connectivity index (χ1v) is 6.80. The monoisotopic (exact) mass is 272 g/mol. The normalized spacial score (nSPS) is 12.7. The first-order valence-electron chi connectivity index (χ1n) is 3.83. The standard InChI is InChI=1S/C8H10O5S2.Na/c1-13-7-4-3-6(15(2,11)12)5-8(7)14(9)10;/h3-5H,1-2H3,(H,9,10);/q;+1/p-1. The van der Waals surface area contributed by atoms with Crippen LogP contribution >= 0.6 is 0 Å². The van der Waals surface area contributed by atoms with E-state index >= 15 is 0 Å². The Morgan fingerprint density at radius 3 is 2.31 bits per heavy atom. The molecule has 0 aliphatic carbocycles. The summed E-state index contributed by atoms with van der Waals surface area (Å²) in [6, 6.07) is 3.67. The van der Waals surface area contributed by atoms with Gasteiger partial charge >= 0.3 is 29.6 Å². The molecule has 1 unspecified atom stereocenters.